The zero-order chi connectivity index (χ0) is 22.2. The summed E-state index contributed by atoms with van der Waals surface area (Å²) in [7, 11) is 0. The van der Waals surface area contributed by atoms with Crippen molar-refractivity contribution < 1.29 is 9.59 Å². The van der Waals surface area contributed by atoms with Gasteiger partial charge < -0.3 is 22.1 Å². The van der Waals surface area contributed by atoms with Crippen LogP contribution in [0.25, 0.3) is 0 Å². The lowest BCUT2D eigenvalue weighted by Gasteiger charge is -2.12. The van der Waals surface area contributed by atoms with E-state index in [1.54, 1.807) is 0 Å². The minimum absolute atomic E-state index is 0.0355. The van der Waals surface area contributed by atoms with Gasteiger partial charge in [0, 0.05) is 19.0 Å². The molecule has 0 spiro atoms. The summed E-state index contributed by atoms with van der Waals surface area (Å²) in [6, 6.07) is 9.88. The quantitative estimate of drug-likeness (QED) is 0.382. The van der Waals surface area contributed by atoms with Gasteiger partial charge in [-0.15, -0.1) is 0 Å². The highest BCUT2D eigenvalue weighted by Gasteiger charge is 2.22. The molecule has 11 heteroatoms. The van der Waals surface area contributed by atoms with Crippen molar-refractivity contribution in [2.45, 2.75) is 38.3 Å². The van der Waals surface area contributed by atoms with Crippen molar-refractivity contribution in [2.24, 2.45) is 4.99 Å². The monoisotopic (exact) mass is 444 g/mol. The molecule has 2 aromatic rings. The van der Waals surface area contributed by atoms with Crippen molar-refractivity contribution in [2.75, 3.05) is 18.0 Å². The number of nitrogen functional groups attached to an aromatic ring is 2. The Bertz CT molecular complexity index is 967. The minimum Gasteiger partial charge on any atom is -0.382 e. The van der Waals surface area contributed by atoms with E-state index in [0.29, 0.717) is 25.5 Å². The van der Waals surface area contributed by atoms with E-state index in [4.69, 9.17) is 23.1 Å². The molecule has 0 fully saturated rings. The molecular formula is C20H25ClN8O2. The third-order valence-corrected chi connectivity index (χ3v) is 4.98. The second-order valence-electron chi connectivity index (χ2n) is 7.13. The largest absolute Gasteiger partial charge is 0.382 e. The van der Waals surface area contributed by atoms with Crippen LogP contribution in [-0.4, -0.2) is 40.3 Å². The first-order valence-corrected chi connectivity index (χ1v) is 10.3. The number of carbonyl (C=O) groups is 2. The molecule has 7 N–H and O–H groups in total. The van der Waals surface area contributed by atoms with Crippen molar-refractivity contribution in [1.29, 1.82) is 0 Å². The lowest BCUT2D eigenvalue weighted by molar-refractivity contribution is -0.121. The Hall–Kier alpha value is -3.40. The van der Waals surface area contributed by atoms with Crippen LogP contribution in [-0.2, 0) is 11.3 Å². The highest BCUT2D eigenvalue weighted by Crippen LogP contribution is 2.17. The topological polar surface area (TPSA) is 160 Å². The molecule has 2 amide bonds. The molecule has 0 unspecified atom stereocenters. The van der Waals surface area contributed by atoms with Gasteiger partial charge in [0.2, 0.25) is 5.91 Å². The van der Waals surface area contributed by atoms with Crippen molar-refractivity contribution >= 4 is 41.0 Å². The molecule has 31 heavy (non-hydrogen) atoms. The first-order chi connectivity index (χ1) is 14.9. The van der Waals surface area contributed by atoms with Crippen molar-refractivity contribution in [3.05, 3.63) is 46.7 Å². The number of guanidine groups is 1. The summed E-state index contributed by atoms with van der Waals surface area (Å²) in [5, 5.41) is 8.58. The first kappa shape index (κ1) is 22.3. The molecule has 3 rings (SSSR count). The van der Waals surface area contributed by atoms with E-state index in [-0.39, 0.29) is 34.4 Å². The maximum absolute atomic E-state index is 12.3. The van der Waals surface area contributed by atoms with Crippen LogP contribution in [0.3, 0.4) is 0 Å². The number of nitrogens with zero attached hydrogens (tertiary/aromatic N) is 3. The van der Waals surface area contributed by atoms with Gasteiger partial charge in [0.1, 0.15) is 0 Å². The Kier molecular flexibility index (Phi) is 7.60. The molecule has 0 aliphatic carbocycles. The Morgan fingerprint density at radius 1 is 1.13 bits per heavy atom. The maximum Gasteiger partial charge on any atom is 0.280 e. The summed E-state index contributed by atoms with van der Waals surface area (Å²) in [5.41, 5.74) is 12.2. The summed E-state index contributed by atoms with van der Waals surface area (Å²) in [5.74, 6) is -0.354. The van der Waals surface area contributed by atoms with Crippen molar-refractivity contribution in [3.63, 3.8) is 0 Å². The number of hydrogen-bond donors (Lipinski definition) is 5. The predicted octanol–water partition coefficient (Wildman–Crippen LogP) is 1.23. The fourth-order valence-corrected chi connectivity index (χ4v) is 3.19. The second-order valence-corrected chi connectivity index (χ2v) is 7.48. The Balaban J connectivity index is 1.33. The van der Waals surface area contributed by atoms with Gasteiger partial charge in [0.05, 0.1) is 6.54 Å². The number of benzene rings is 1. The number of carbonyl (C=O) groups excluding carboxylic acids is 2. The molecule has 1 aromatic carbocycles. The SMILES string of the molecule is Nc1nc(N)c(C(=O)NC2=NC[C@@H](CCCCC(=O)NCc3ccccc3)N2)nc1Cl. The molecule has 0 bridgehead atoms. The number of anilines is 2. The van der Waals surface area contributed by atoms with E-state index in [0.717, 1.165) is 24.8 Å². The predicted molar refractivity (Wildman–Crippen MR) is 119 cm³/mol. The van der Waals surface area contributed by atoms with Gasteiger partial charge >= 0.3 is 0 Å². The van der Waals surface area contributed by atoms with Gasteiger partial charge in [0.15, 0.2) is 28.4 Å². The first-order valence-electron chi connectivity index (χ1n) is 9.94. The van der Waals surface area contributed by atoms with E-state index in [9.17, 15) is 9.59 Å². The van der Waals surface area contributed by atoms with Crippen LogP contribution >= 0.6 is 11.6 Å². The van der Waals surface area contributed by atoms with Crippen LogP contribution in [0.5, 0.6) is 0 Å². The number of halogens is 1. The van der Waals surface area contributed by atoms with Gasteiger partial charge in [-0.1, -0.05) is 48.4 Å². The van der Waals surface area contributed by atoms with E-state index >= 15 is 0 Å². The summed E-state index contributed by atoms with van der Waals surface area (Å²) < 4.78 is 0. The number of hydrogen-bond acceptors (Lipinski definition) is 8. The summed E-state index contributed by atoms with van der Waals surface area (Å²) in [6.45, 7) is 1.06. The van der Waals surface area contributed by atoms with Gasteiger partial charge in [-0.25, -0.2) is 9.97 Å². The maximum atomic E-state index is 12.3. The Morgan fingerprint density at radius 3 is 2.68 bits per heavy atom. The fourth-order valence-electron chi connectivity index (χ4n) is 3.06. The summed E-state index contributed by atoms with van der Waals surface area (Å²) >= 11 is 5.81. The molecule has 0 saturated heterocycles. The van der Waals surface area contributed by atoms with E-state index < -0.39 is 5.91 Å². The minimum atomic E-state index is -0.575. The lowest BCUT2D eigenvalue weighted by Crippen LogP contribution is -2.42. The third kappa shape index (κ3) is 6.54. The zero-order valence-corrected chi connectivity index (χ0v) is 17.7. The van der Waals surface area contributed by atoms with Crippen LogP contribution in [0.1, 0.15) is 41.7 Å². The number of aliphatic imine (C=N–C) groups is 1. The molecule has 0 radical (unpaired) electrons. The molecule has 1 aromatic heterocycles. The highest BCUT2D eigenvalue weighted by molar-refractivity contribution is 6.31. The van der Waals surface area contributed by atoms with Gasteiger partial charge in [-0.3, -0.25) is 19.9 Å². The van der Waals surface area contributed by atoms with Gasteiger partial charge in [-0.05, 0) is 18.4 Å². The number of rotatable bonds is 8. The van der Waals surface area contributed by atoms with Crippen LogP contribution in [0.2, 0.25) is 5.15 Å². The van der Waals surface area contributed by atoms with Crippen molar-refractivity contribution in [1.82, 2.24) is 25.9 Å². The number of unbranched alkanes of at least 4 members (excludes halogenated alkanes) is 1. The van der Waals surface area contributed by atoms with Crippen LogP contribution in [0, 0.1) is 0 Å². The number of nitrogens with one attached hydrogen (secondary N) is 3. The van der Waals surface area contributed by atoms with Crippen LogP contribution in [0.4, 0.5) is 11.6 Å². The van der Waals surface area contributed by atoms with E-state index in [1.165, 1.54) is 0 Å². The average molecular weight is 445 g/mol. The molecule has 10 nitrogen and oxygen atoms in total. The summed E-state index contributed by atoms with van der Waals surface area (Å²) in [6.07, 6.45) is 2.93. The molecule has 1 aliphatic rings. The van der Waals surface area contributed by atoms with E-state index in [1.807, 2.05) is 30.3 Å². The molecular weight excluding hydrogens is 420 g/mol. The zero-order valence-electron chi connectivity index (χ0n) is 16.9. The van der Waals surface area contributed by atoms with Gasteiger partial charge in [-0.2, -0.15) is 0 Å². The average Bonchev–Trinajstić information content (AvgIpc) is 3.20. The van der Waals surface area contributed by atoms with Crippen LogP contribution < -0.4 is 27.4 Å². The fraction of sp³-hybridized carbons (Fsp3) is 0.350. The molecule has 0 saturated carbocycles. The standard InChI is InChI=1S/C20H25ClN8O2/c21-16-18(23)28-17(22)15(27-16)19(31)29-20-25-11-13(26-20)8-4-5-9-14(30)24-10-12-6-2-1-3-7-12/h1-3,6-7,13H,4-5,8-11H2,(H,24,30)(H4,22,23,28)(H2,25,26,29,31)/t13-/m1/s1. The highest BCUT2D eigenvalue weighted by atomic mass is 35.5. The smallest absolute Gasteiger partial charge is 0.280 e. The second kappa shape index (κ2) is 10.6. The normalized spacial score (nSPS) is 15.1. The number of aromatic nitrogens is 2. The number of amides is 2. The third-order valence-electron chi connectivity index (χ3n) is 4.70. The van der Waals surface area contributed by atoms with E-state index in [2.05, 4.69) is 30.9 Å². The number of nitrogens with two attached hydrogens (primary N) is 2. The Labute approximate surface area is 184 Å². The van der Waals surface area contributed by atoms with Crippen LogP contribution in [0.15, 0.2) is 35.3 Å². The summed E-state index contributed by atoms with van der Waals surface area (Å²) in [4.78, 5) is 36.2. The molecule has 1 atom stereocenters. The molecule has 1 aliphatic heterocycles. The molecule has 164 valence electrons. The Morgan fingerprint density at radius 2 is 1.90 bits per heavy atom. The lowest BCUT2D eigenvalue weighted by atomic mass is 10.1. The van der Waals surface area contributed by atoms with Gasteiger partial charge in [0.25, 0.3) is 5.91 Å². The molecule has 2 heterocycles. The van der Waals surface area contributed by atoms with Crippen molar-refractivity contribution in [3.8, 4) is 0 Å².